The predicted molar refractivity (Wildman–Crippen MR) is 92.1 cm³/mol. The third kappa shape index (κ3) is 4.15. The van der Waals surface area contributed by atoms with Crippen LogP contribution in [0.1, 0.15) is 12.8 Å². The molecule has 2 aliphatic rings. The molecule has 2 heterocycles. The molecule has 0 aromatic heterocycles. The molecular formula is C17H19N3O7. The van der Waals surface area contributed by atoms with Crippen molar-refractivity contribution in [1.82, 2.24) is 4.90 Å². The number of ether oxygens (including phenoxy) is 2. The number of carbonyl (C=O) groups is 3. The first kappa shape index (κ1) is 18.6. The zero-order valence-electron chi connectivity index (χ0n) is 14.5. The first-order valence-corrected chi connectivity index (χ1v) is 8.59. The number of imide groups is 1. The summed E-state index contributed by atoms with van der Waals surface area (Å²) in [6.07, 6.45) is 0.198. The Labute approximate surface area is 154 Å². The lowest BCUT2D eigenvalue weighted by Crippen LogP contribution is -2.39. The predicted octanol–water partition coefficient (Wildman–Crippen LogP) is 1.33. The molecule has 3 rings (SSSR count). The van der Waals surface area contributed by atoms with Crippen LogP contribution in [0.5, 0.6) is 0 Å². The first-order chi connectivity index (χ1) is 13.0. The lowest BCUT2D eigenvalue weighted by atomic mass is 9.96. The van der Waals surface area contributed by atoms with Gasteiger partial charge in [0.1, 0.15) is 12.3 Å². The van der Waals surface area contributed by atoms with Crippen LogP contribution in [0.4, 0.5) is 16.2 Å². The van der Waals surface area contributed by atoms with Crippen molar-refractivity contribution >= 4 is 29.3 Å². The van der Waals surface area contributed by atoms with E-state index in [4.69, 9.17) is 4.74 Å². The molecule has 144 valence electrons. The molecule has 1 aromatic rings. The Morgan fingerprint density at radius 1 is 1.22 bits per heavy atom. The van der Waals surface area contributed by atoms with Crippen LogP contribution < -0.4 is 4.90 Å². The molecule has 0 radical (unpaired) electrons. The third-order valence-corrected chi connectivity index (χ3v) is 4.65. The van der Waals surface area contributed by atoms with Crippen molar-refractivity contribution in [2.45, 2.75) is 12.8 Å². The number of benzene rings is 1. The van der Waals surface area contributed by atoms with Crippen LogP contribution in [-0.4, -0.2) is 60.6 Å². The molecule has 2 saturated heterocycles. The first-order valence-electron chi connectivity index (χ1n) is 8.59. The van der Waals surface area contributed by atoms with Crippen molar-refractivity contribution < 1.29 is 28.8 Å². The average Bonchev–Trinajstić information content (AvgIpc) is 3.12. The van der Waals surface area contributed by atoms with Crippen LogP contribution in [0.25, 0.3) is 0 Å². The fraction of sp³-hybridized carbons (Fsp3) is 0.471. The molecule has 2 fully saturated rings. The fourth-order valence-electron chi connectivity index (χ4n) is 3.19. The number of nitro benzene ring substituents is 1. The summed E-state index contributed by atoms with van der Waals surface area (Å²) < 4.78 is 9.70. The SMILES string of the molecule is O=C(OCC(=O)N1CCOC1=O)C1CCN(c2ccccc2[N+](=O)[O-])CC1. The molecule has 2 aliphatic heterocycles. The Balaban J connectivity index is 1.50. The Bertz CT molecular complexity index is 759. The van der Waals surface area contributed by atoms with E-state index in [1.807, 2.05) is 4.90 Å². The van der Waals surface area contributed by atoms with Gasteiger partial charge in [-0.2, -0.15) is 0 Å². The van der Waals surface area contributed by atoms with E-state index in [0.29, 0.717) is 31.6 Å². The van der Waals surface area contributed by atoms with Crippen molar-refractivity contribution in [2.24, 2.45) is 5.92 Å². The van der Waals surface area contributed by atoms with Gasteiger partial charge in [-0.1, -0.05) is 12.1 Å². The van der Waals surface area contributed by atoms with Crippen molar-refractivity contribution in [1.29, 1.82) is 0 Å². The molecule has 0 N–H and O–H groups in total. The summed E-state index contributed by atoms with van der Waals surface area (Å²) in [5, 5.41) is 11.2. The number of piperidine rings is 1. The van der Waals surface area contributed by atoms with Gasteiger partial charge >= 0.3 is 12.1 Å². The molecule has 0 aliphatic carbocycles. The second-order valence-corrected chi connectivity index (χ2v) is 6.27. The largest absolute Gasteiger partial charge is 0.455 e. The minimum atomic E-state index is -0.728. The standard InChI is InChI=1S/C17H19N3O7/c21-15(19-9-10-26-17(19)23)11-27-16(22)12-5-7-18(8-6-12)13-3-1-2-4-14(13)20(24)25/h1-4,12H,5-11H2. The number of amides is 2. The summed E-state index contributed by atoms with van der Waals surface area (Å²) in [6, 6.07) is 6.48. The van der Waals surface area contributed by atoms with E-state index in [9.17, 15) is 24.5 Å². The zero-order chi connectivity index (χ0) is 19.4. The number of esters is 1. The minimum Gasteiger partial charge on any atom is -0.455 e. The maximum Gasteiger partial charge on any atom is 0.416 e. The fourth-order valence-corrected chi connectivity index (χ4v) is 3.19. The molecule has 27 heavy (non-hydrogen) atoms. The molecule has 0 bridgehead atoms. The van der Waals surface area contributed by atoms with Gasteiger partial charge in [-0.05, 0) is 18.9 Å². The van der Waals surface area contributed by atoms with Gasteiger partial charge in [0, 0.05) is 19.2 Å². The van der Waals surface area contributed by atoms with Crippen LogP contribution in [0, 0.1) is 16.0 Å². The Morgan fingerprint density at radius 2 is 1.93 bits per heavy atom. The number of carbonyl (C=O) groups excluding carboxylic acids is 3. The highest BCUT2D eigenvalue weighted by Crippen LogP contribution is 2.31. The number of nitrogens with zero attached hydrogens (tertiary/aromatic N) is 3. The van der Waals surface area contributed by atoms with Gasteiger partial charge in [-0.3, -0.25) is 19.7 Å². The third-order valence-electron chi connectivity index (χ3n) is 4.65. The Morgan fingerprint density at radius 3 is 2.56 bits per heavy atom. The normalized spacial score (nSPS) is 17.6. The minimum absolute atomic E-state index is 0.0293. The summed E-state index contributed by atoms with van der Waals surface area (Å²) >= 11 is 0. The molecule has 0 atom stereocenters. The maximum atomic E-state index is 12.2. The molecular weight excluding hydrogens is 358 g/mol. The van der Waals surface area contributed by atoms with Gasteiger partial charge < -0.3 is 14.4 Å². The average molecular weight is 377 g/mol. The van der Waals surface area contributed by atoms with E-state index in [0.717, 1.165) is 4.90 Å². The summed E-state index contributed by atoms with van der Waals surface area (Å²) in [5.74, 6) is -1.50. The monoisotopic (exact) mass is 377 g/mol. The Kier molecular flexibility index (Phi) is 5.53. The van der Waals surface area contributed by atoms with Gasteiger partial charge in [0.05, 0.1) is 17.4 Å². The van der Waals surface area contributed by atoms with Crippen LogP contribution in [-0.2, 0) is 19.1 Å². The molecule has 0 saturated carbocycles. The highest BCUT2D eigenvalue weighted by molar-refractivity contribution is 5.94. The highest BCUT2D eigenvalue weighted by atomic mass is 16.6. The quantitative estimate of drug-likeness (QED) is 0.428. The van der Waals surface area contributed by atoms with Gasteiger partial charge in [-0.15, -0.1) is 0 Å². The van der Waals surface area contributed by atoms with Crippen LogP contribution in [0.3, 0.4) is 0 Å². The number of nitro groups is 1. The van der Waals surface area contributed by atoms with E-state index >= 15 is 0 Å². The topological polar surface area (TPSA) is 119 Å². The lowest BCUT2D eigenvalue weighted by Gasteiger charge is -2.32. The molecule has 0 unspecified atom stereocenters. The van der Waals surface area contributed by atoms with Gasteiger partial charge in [-0.25, -0.2) is 9.69 Å². The van der Waals surface area contributed by atoms with Gasteiger partial charge in [0.2, 0.25) is 0 Å². The highest BCUT2D eigenvalue weighted by Gasteiger charge is 2.32. The number of hydrogen-bond acceptors (Lipinski definition) is 8. The molecule has 2 amide bonds. The van der Waals surface area contributed by atoms with E-state index in [2.05, 4.69) is 4.74 Å². The van der Waals surface area contributed by atoms with Crippen molar-refractivity contribution in [3.63, 3.8) is 0 Å². The lowest BCUT2D eigenvalue weighted by molar-refractivity contribution is -0.384. The molecule has 0 spiro atoms. The van der Waals surface area contributed by atoms with Gasteiger partial charge in [0.25, 0.3) is 11.6 Å². The van der Waals surface area contributed by atoms with Crippen LogP contribution in [0.2, 0.25) is 0 Å². The Hall–Kier alpha value is -3.17. The van der Waals surface area contributed by atoms with Crippen molar-refractivity contribution in [2.75, 3.05) is 37.7 Å². The van der Waals surface area contributed by atoms with Crippen molar-refractivity contribution in [3.8, 4) is 0 Å². The van der Waals surface area contributed by atoms with E-state index < -0.39 is 29.5 Å². The number of cyclic esters (lactones) is 1. The number of hydrogen-bond donors (Lipinski definition) is 0. The number of rotatable bonds is 5. The van der Waals surface area contributed by atoms with E-state index in [1.165, 1.54) is 6.07 Å². The summed E-state index contributed by atoms with van der Waals surface area (Å²) in [5.41, 5.74) is 0.554. The van der Waals surface area contributed by atoms with Crippen LogP contribution >= 0.6 is 0 Å². The maximum absolute atomic E-state index is 12.2. The summed E-state index contributed by atoms with van der Waals surface area (Å²) in [7, 11) is 0. The number of anilines is 1. The molecule has 1 aromatic carbocycles. The van der Waals surface area contributed by atoms with Crippen molar-refractivity contribution in [3.05, 3.63) is 34.4 Å². The second kappa shape index (κ2) is 8.02. The number of para-hydroxylation sites is 2. The smallest absolute Gasteiger partial charge is 0.416 e. The second-order valence-electron chi connectivity index (χ2n) is 6.27. The molecule has 10 heteroatoms. The zero-order valence-corrected chi connectivity index (χ0v) is 14.5. The van der Waals surface area contributed by atoms with E-state index in [1.54, 1.807) is 18.2 Å². The van der Waals surface area contributed by atoms with Gasteiger partial charge in [0.15, 0.2) is 6.61 Å². The summed E-state index contributed by atoms with van der Waals surface area (Å²) in [6.45, 7) is 0.735. The van der Waals surface area contributed by atoms with Crippen LogP contribution in [0.15, 0.2) is 24.3 Å². The summed E-state index contributed by atoms with van der Waals surface area (Å²) in [4.78, 5) is 48.8. The van der Waals surface area contributed by atoms with E-state index in [-0.39, 0.29) is 24.8 Å². The molecule has 10 nitrogen and oxygen atoms in total.